The predicted octanol–water partition coefficient (Wildman–Crippen LogP) is 5.72. The molecule has 0 aliphatic heterocycles. The first kappa shape index (κ1) is 33.1. The van der Waals surface area contributed by atoms with E-state index in [-0.39, 0.29) is 34.4 Å². The van der Waals surface area contributed by atoms with Gasteiger partial charge < -0.3 is 36.0 Å². The second kappa shape index (κ2) is 15.3. The molecule has 236 valence electrons. The molecule has 4 aromatic carbocycles. The van der Waals surface area contributed by atoms with Crippen molar-refractivity contribution in [2.75, 3.05) is 17.7 Å². The van der Waals surface area contributed by atoms with Crippen molar-refractivity contribution < 1.29 is 39.2 Å². The lowest BCUT2D eigenvalue weighted by Crippen LogP contribution is -2.30. The lowest BCUT2D eigenvalue weighted by Gasteiger charge is -2.16. The third kappa shape index (κ3) is 8.67. The summed E-state index contributed by atoms with van der Waals surface area (Å²) in [4.78, 5) is 51.6. The molecule has 1 unspecified atom stereocenters. The van der Waals surface area contributed by atoms with E-state index in [4.69, 9.17) is 4.74 Å². The first-order valence-corrected chi connectivity index (χ1v) is 14.9. The smallest absolute Gasteiger partial charge is 0.339 e. The summed E-state index contributed by atoms with van der Waals surface area (Å²) in [5, 5.41) is 36.4. The van der Waals surface area contributed by atoms with Gasteiger partial charge in [0.05, 0.1) is 12.4 Å². The van der Waals surface area contributed by atoms with Crippen molar-refractivity contribution in [1.29, 1.82) is 0 Å². The highest BCUT2D eigenvalue weighted by Crippen LogP contribution is 2.30. The van der Waals surface area contributed by atoms with Crippen LogP contribution in [0.1, 0.15) is 39.6 Å². The predicted molar refractivity (Wildman–Crippen MR) is 175 cm³/mol. The molecular weight excluding hydrogens is 610 g/mol. The molecule has 0 spiro atoms. The van der Waals surface area contributed by atoms with Crippen LogP contribution in [0.25, 0.3) is 6.08 Å². The Morgan fingerprint density at radius 2 is 1.61 bits per heavy atom. The van der Waals surface area contributed by atoms with E-state index in [1.807, 2.05) is 6.92 Å². The van der Waals surface area contributed by atoms with Gasteiger partial charge in [-0.2, -0.15) is 0 Å². The molecule has 3 amide bonds. The fourth-order valence-corrected chi connectivity index (χ4v) is 5.27. The van der Waals surface area contributed by atoms with Gasteiger partial charge in [-0.05, 0) is 73.2 Å². The Kier molecular flexibility index (Phi) is 11.0. The zero-order valence-corrected chi connectivity index (χ0v) is 25.6. The number of thioether (sulfide) groups is 1. The Morgan fingerprint density at radius 1 is 0.870 bits per heavy atom. The van der Waals surface area contributed by atoms with E-state index in [1.165, 1.54) is 55.3 Å². The van der Waals surface area contributed by atoms with E-state index in [0.29, 0.717) is 28.1 Å². The summed E-state index contributed by atoms with van der Waals surface area (Å²) in [6.07, 6.45) is 1.87. The van der Waals surface area contributed by atoms with E-state index in [2.05, 4.69) is 16.0 Å². The maximum absolute atomic E-state index is 13.5. The van der Waals surface area contributed by atoms with Gasteiger partial charge >= 0.3 is 5.97 Å². The number of amides is 3. The zero-order valence-electron chi connectivity index (χ0n) is 24.8. The van der Waals surface area contributed by atoms with Crippen molar-refractivity contribution in [2.45, 2.75) is 23.5 Å². The molecule has 0 saturated carbocycles. The van der Waals surface area contributed by atoms with Crippen molar-refractivity contribution in [3.63, 3.8) is 0 Å². The number of anilines is 2. The van der Waals surface area contributed by atoms with E-state index in [1.54, 1.807) is 60.7 Å². The van der Waals surface area contributed by atoms with Crippen LogP contribution in [0, 0.1) is 0 Å². The number of aromatic carboxylic acids is 1. The van der Waals surface area contributed by atoms with Crippen molar-refractivity contribution in [1.82, 2.24) is 5.32 Å². The van der Waals surface area contributed by atoms with Gasteiger partial charge in [0.1, 0.15) is 28.5 Å². The number of hydrogen-bond acceptors (Lipinski definition) is 8. The minimum atomic E-state index is -1.33. The number of ether oxygens (including phenoxy) is 1. The number of carboxylic acid groups (broad SMARTS) is 1. The van der Waals surface area contributed by atoms with Gasteiger partial charge in [0.25, 0.3) is 11.8 Å². The quantitative estimate of drug-likeness (QED) is 0.0642. The minimum absolute atomic E-state index is 0.0326. The number of methoxy groups -OCH3 is 1. The third-order valence-corrected chi connectivity index (χ3v) is 7.93. The van der Waals surface area contributed by atoms with Gasteiger partial charge in [-0.25, -0.2) is 4.79 Å². The molecular formula is C34H31N3O8S. The average Bonchev–Trinajstić information content (AvgIpc) is 3.05. The van der Waals surface area contributed by atoms with E-state index in [9.17, 15) is 34.5 Å². The molecule has 0 heterocycles. The summed E-state index contributed by atoms with van der Waals surface area (Å²) in [6, 6.07) is 23.3. The highest BCUT2D eigenvalue weighted by atomic mass is 32.2. The molecule has 4 rings (SSSR count). The topological polar surface area (TPSA) is 174 Å². The van der Waals surface area contributed by atoms with Gasteiger partial charge in [-0.1, -0.05) is 31.2 Å². The fraction of sp³-hybridized carbons (Fsp3) is 0.118. The van der Waals surface area contributed by atoms with Crippen LogP contribution >= 0.6 is 11.8 Å². The SMILES string of the molecule is CCC(Sc1cccc(NC(=O)/C(=C\c2ccc(O)cc2OC)NC(=O)c2ccccc2)c1)C(=O)Nc1ccc(O)c(C(=O)O)c1. The number of phenolic OH excluding ortho intramolecular Hbond substituents is 1. The summed E-state index contributed by atoms with van der Waals surface area (Å²) in [7, 11) is 1.42. The number of rotatable bonds is 12. The number of nitrogens with one attached hydrogen (secondary N) is 3. The molecule has 0 aliphatic rings. The van der Waals surface area contributed by atoms with Gasteiger partial charge in [0.2, 0.25) is 5.91 Å². The van der Waals surface area contributed by atoms with E-state index < -0.39 is 28.8 Å². The highest BCUT2D eigenvalue weighted by molar-refractivity contribution is 8.00. The monoisotopic (exact) mass is 641 g/mol. The molecule has 0 saturated heterocycles. The van der Waals surface area contributed by atoms with E-state index in [0.717, 1.165) is 0 Å². The van der Waals surface area contributed by atoms with Crippen LogP contribution in [0.15, 0.2) is 102 Å². The molecule has 0 bridgehead atoms. The molecule has 12 heteroatoms. The van der Waals surface area contributed by atoms with Crippen LogP contribution < -0.4 is 20.7 Å². The Labute approximate surface area is 268 Å². The molecule has 46 heavy (non-hydrogen) atoms. The number of carbonyl (C=O) groups excluding carboxylic acids is 3. The number of aromatic hydroxyl groups is 2. The second-order valence-electron chi connectivity index (χ2n) is 9.83. The average molecular weight is 642 g/mol. The van der Waals surface area contributed by atoms with Gasteiger partial charge in [0, 0.05) is 33.5 Å². The van der Waals surface area contributed by atoms with Crippen LogP contribution in [0.5, 0.6) is 17.2 Å². The third-order valence-electron chi connectivity index (χ3n) is 6.57. The van der Waals surface area contributed by atoms with E-state index >= 15 is 0 Å². The molecule has 0 fully saturated rings. The molecule has 0 radical (unpaired) electrons. The normalized spacial score (nSPS) is 11.7. The maximum Gasteiger partial charge on any atom is 0.339 e. The summed E-state index contributed by atoms with van der Waals surface area (Å²) >= 11 is 1.24. The Bertz CT molecular complexity index is 1790. The summed E-state index contributed by atoms with van der Waals surface area (Å²) in [6.45, 7) is 1.83. The number of carboxylic acids is 1. The van der Waals surface area contributed by atoms with Crippen molar-refractivity contribution >= 4 is 52.9 Å². The Morgan fingerprint density at radius 3 is 2.30 bits per heavy atom. The lowest BCUT2D eigenvalue weighted by molar-refractivity contribution is -0.116. The number of hydrogen-bond donors (Lipinski definition) is 6. The lowest BCUT2D eigenvalue weighted by atomic mass is 10.1. The second-order valence-corrected chi connectivity index (χ2v) is 11.1. The largest absolute Gasteiger partial charge is 0.508 e. The van der Waals surface area contributed by atoms with Crippen LogP contribution in [-0.4, -0.2) is 51.4 Å². The van der Waals surface area contributed by atoms with Gasteiger partial charge in [-0.3, -0.25) is 14.4 Å². The molecule has 0 aromatic heterocycles. The van der Waals surface area contributed by atoms with Crippen LogP contribution in [0.4, 0.5) is 11.4 Å². The molecule has 11 nitrogen and oxygen atoms in total. The first-order valence-electron chi connectivity index (χ1n) is 14.0. The Hall–Kier alpha value is -5.75. The van der Waals surface area contributed by atoms with Crippen molar-refractivity contribution in [2.24, 2.45) is 0 Å². The summed E-state index contributed by atoms with van der Waals surface area (Å²) in [5.74, 6) is -3.00. The maximum atomic E-state index is 13.5. The molecule has 4 aromatic rings. The fourth-order valence-electron chi connectivity index (χ4n) is 4.26. The van der Waals surface area contributed by atoms with Gasteiger partial charge in [0.15, 0.2) is 0 Å². The first-order chi connectivity index (χ1) is 22.1. The van der Waals surface area contributed by atoms with Crippen LogP contribution in [0.2, 0.25) is 0 Å². The number of phenols is 2. The summed E-state index contributed by atoms with van der Waals surface area (Å²) in [5.41, 5.74) is 0.974. The molecule has 0 aliphatic carbocycles. The standard InChI is InChI=1S/C34H31N3O8S/c1-3-30(33(42)36-23-13-15-28(39)26(18-23)34(43)44)46-25-11-7-10-22(17-25)35-32(41)27(37-31(40)20-8-5-4-6-9-20)16-21-12-14-24(38)19-29(21)45-2/h4-19,30,38-39H,3H2,1-2H3,(H,35,41)(H,36,42)(H,37,40)(H,43,44)/b27-16+. The van der Waals surface area contributed by atoms with Crippen molar-refractivity contribution in [3.8, 4) is 17.2 Å². The highest BCUT2D eigenvalue weighted by Gasteiger charge is 2.21. The number of carbonyl (C=O) groups is 4. The summed E-state index contributed by atoms with van der Waals surface area (Å²) < 4.78 is 5.33. The zero-order chi connectivity index (χ0) is 33.2. The van der Waals surface area contributed by atoms with Crippen LogP contribution in [-0.2, 0) is 9.59 Å². The van der Waals surface area contributed by atoms with Gasteiger partial charge in [-0.15, -0.1) is 11.8 Å². The van der Waals surface area contributed by atoms with Crippen LogP contribution in [0.3, 0.4) is 0 Å². The minimum Gasteiger partial charge on any atom is -0.508 e. The molecule has 1 atom stereocenters. The Balaban J connectivity index is 1.53. The number of benzene rings is 4. The molecule has 6 N–H and O–H groups in total. The van der Waals surface area contributed by atoms with Crippen molar-refractivity contribution in [3.05, 3.63) is 113 Å².